The number of nitrogens with zero attached hydrogens (tertiary/aromatic N) is 2. The lowest BCUT2D eigenvalue weighted by atomic mass is 9.91. The summed E-state index contributed by atoms with van der Waals surface area (Å²) in [7, 11) is 0. The second kappa shape index (κ2) is 8.93. The first-order valence-electron chi connectivity index (χ1n) is 9.16. The van der Waals surface area contributed by atoms with Crippen LogP contribution in [0, 0.1) is 0 Å². The molecule has 0 aliphatic rings. The first-order valence-corrected chi connectivity index (χ1v) is 9.89. The highest BCUT2D eigenvalue weighted by atomic mass is 32.1. The lowest BCUT2D eigenvalue weighted by Crippen LogP contribution is -2.19. The lowest BCUT2D eigenvalue weighted by Gasteiger charge is -2.16. The van der Waals surface area contributed by atoms with Crippen molar-refractivity contribution < 1.29 is 19.1 Å². The average Bonchev–Trinajstić information content (AvgIpc) is 3.14. The number of aromatic nitrogens is 2. The van der Waals surface area contributed by atoms with Crippen LogP contribution in [-0.4, -0.2) is 33.2 Å². The van der Waals surface area contributed by atoms with Gasteiger partial charge in [0.05, 0.1) is 30.4 Å². The maximum absolute atomic E-state index is 12.8. The van der Waals surface area contributed by atoms with E-state index in [0.29, 0.717) is 22.4 Å². The Morgan fingerprint density at radius 1 is 1.04 bits per heavy atom. The predicted molar refractivity (Wildman–Crippen MR) is 108 cm³/mol. The van der Waals surface area contributed by atoms with E-state index in [0.717, 1.165) is 17.2 Å². The molecular weight excluding hydrogens is 376 g/mol. The van der Waals surface area contributed by atoms with Gasteiger partial charge in [0.2, 0.25) is 0 Å². The quantitative estimate of drug-likeness (QED) is 0.413. The zero-order valence-corrected chi connectivity index (χ0v) is 16.9. The Morgan fingerprint density at radius 2 is 1.75 bits per heavy atom. The highest BCUT2D eigenvalue weighted by Gasteiger charge is 2.26. The minimum Gasteiger partial charge on any atom is -0.491 e. The number of hydrogen-bond donors (Lipinski definition) is 0. The molecule has 7 heteroatoms. The topological polar surface area (TPSA) is 78.4 Å². The second-order valence-electron chi connectivity index (χ2n) is 6.64. The number of carbonyl (C=O) groups excluding carboxylic acids is 2. The fourth-order valence-electron chi connectivity index (χ4n) is 2.89. The van der Waals surface area contributed by atoms with Gasteiger partial charge in [-0.25, -0.2) is 0 Å². The van der Waals surface area contributed by atoms with Gasteiger partial charge in [0.1, 0.15) is 16.8 Å². The molecule has 0 fully saturated rings. The van der Waals surface area contributed by atoms with Crippen molar-refractivity contribution in [2.24, 2.45) is 0 Å². The number of carbonyl (C=O) groups is 2. The van der Waals surface area contributed by atoms with Gasteiger partial charge in [0.15, 0.2) is 5.78 Å². The van der Waals surface area contributed by atoms with Gasteiger partial charge in [0, 0.05) is 12.0 Å². The third kappa shape index (κ3) is 4.72. The summed E-state index contributed by atoms with van der Waals surface area (Å²) in [4.78, 5) is 25.3. The molecule has 28 heavy (non-hydrogen) atoms. The van der Waals surface area contributed by atoms with Gasteiger partial charge in [-0.2, -0.15) is 8.75 Å². The molecule has 0 N–H and O–H groups in total. The molecule has 1 aromatic heterocycles. The Labute approximate surface area is 167 Å². The van der Waals surface area contributed by atoms with Crippen LogP contribution in [0.3, 0.4) is 0 Å². The summed E-state index contributed by atoms with van der Waals surface area (Å²) < 4.78 is 19.2. The predicted octanol–water partition coefficient (Wildman–Crippen LogP) is 4.40. The lowest BCUT2D eigenvalue weighted by molar-refractivity contribution is -0.144. The van der Waals surface area contributed by atoms with Crippen molar-refractivity contribution >= 4 is 34.5 Å². The average molecular weight is 398 g/mol. The first-order chi connectivity index (χ1) is 13.5. The van der Waals surface area contributed by atoms with E-state index in [9.17, 15) is 9.59 Å². The molecule has 0 bridgehead atoms. The number of Topliss-reactive ketones (excluding diaryl/α,β-unsaturated/α-hetero) is 1. The molecule has 1 heterocycles. The molecule has 0 saturated heterocycles. The summed E-state index contributed by atoms with van der Waals surface area (Å²) in [5, 5.41) is 0. The van der Waals surface area contributed by atoms with Gasteiger partial charge < -0.3 is 9.47 Å². The van der Waals surface area contributed by atoms with Crippen molar-refractivity contribution in [3.63, 3.8) is 0 Å². The van der Waals surface area contributed by atoms with E-state index in [1.54, 1.807) is 43.3 Å². The minimum absolute atomic E-state index is 0.0201. The van der Waals surface area contributed by atoms with Crippen molar-refractivity contribution in [3.8, 4) is 5.75 Å². The fraction of sp³-hybridized carbons (Fsp3) is 0.333. The third-order valence-electron chi connectivity index (χ3n) is 4.19. The zero-order chi connectivity index (χ0) is 20.1. The Kier molecular flexibility index (Phi) is 6.36. The van der Waals surface area contributed by atoms with Gasteiger partial charge in [-0.15, -0.1) is 0 Å². The summed E-state index contributed by atoms with van der Waals surface area (Å²) in [5.41, 5.74) is 2.71. The monoisotopic (exact) mass is 398 g/mol. The van der Waals surface area contributed by atoms with Crippen molar-refractivity contribution in [1.82, 2.24) is 8.75 Å². The van der Waals surface area contributed by atoms with Crippen LogP contribution < -0.4 is 4.74 Å². The van der Waals surface area contributed by atoms with E-state index in [2.05, 4.69) is 8.75 Å². The molecule has 3 rings (SSSR count). The maximum Gasteiger partial charge on any atom is 0.313 e. The van der Waals surface area contributed by atoms with Crippen LogP contribution >= 0.6 is 11.7 Å². The largest absolute Gasteiger partial charge is 0.491 e. The van der Waals surface area contributed by atoms with Crippen LogP contribution in [0.15, 0.2) is 42.5 Å². The SMILES string of the molecule is CCOC(=O)C(CC(=O)c1ccc(OC(C)C)cc1)c1ccc2nsnc2c1. The van der Waals surface area contributed by atoms with Crippen molar-refractivity contribution in [1.29, 1.82) is 0 Å². The number of hydrogen-bond acceptors (Lipinski definition) is 7. The molecule has 0 aliphatic carbocycles. The highest BCUT2D eigenvalue weighted by molar-refractivity contribution is 7.00. The molecule has 0 aliphatic heterocycles. The van der Waals surface area contributed by atoms with Crippen molar-refractivity contribution in [2.45, 2.75) is 39.2 Å². The number of rotatable bonds is 8. The summed E-state index contributed by atoms with van der Waals surface area (Å²) in [6.07, 6.45) is 0.0802. The minimum atomic E-state index is -0.690. The van der Waals surface area contributed by atoms with Crippen LogP contribution in [0.1, 0.15) is 49.0 Å². The van der Waals surface area contributed by atoms with Crippen molar-refractivity contribution in [3.05, 3.63) is 53.6 Å². The third-order valence-corrected chi connectivity index (χ3v) is 4.75. The Bertz CT molecular complexity index is 966. The maximum atomic E-state index is 12.8. The summed E-state index contributed by atoms with van der Waals surface area (Å²) in [6, 6.07) is 12.4. The first kappa shape index (κ1) is 19.9. The van der Waals surface area contributed by atoms with Crippen LogP contribution in [0.25, 0.3) is 11.0 Å². The second-order valence-corrected chi connectivity index (χ2v) is 7.16. The van der Waals surface area contributed by atoms with Crippen LogP contribution in [-0.2, 0) is 9.53 Å². The van der Waals surface area contributed by atoms with Gasteiger partial charge >= 0.3 is 5.97 Å². The molecule has 0 radical (unpaired) electrons. The smallest absolute Gasteiger partial charge is 0.313 e. The molecule has 0 saturated carbocycles. The molecule has 6 nitrogen and oxygen atoms in total. The van der Waals surface area contributed by atoms with Crippen LogP contribution in [0.4, 0.5) is 0 Å². The fourth-order valence-corrected chi connectivity index (χ4v) is 3.41. The van der Waals surface area contributed by atoms with Crippen molar-refractivity contribution in [2.75, 3.05) is 6.61 Å². The standard InChI is InChI=1S/C21H22N2O4S/c1-4-26-21(25)17(15-7-10-18-19(11-15)23-28-22-18)12-20(24)14-5-8-16(9-6-14)27-13(2)3/h5-11,13,17H,4,12H2,1-3H3. The molecule has 0 spiro atoms. The summed E-state index contributed by atoms with van der Waals surface area (Å²) >= 11 is 1.11. The number of fused-ring (bicyclic) bond motifs is 1. The normalized spacial score (nSPS) is 12.1. The Hall–Kier alpha value is -2.80. The molecular formula is C21H22N2O4S. The number of esters is 1. The van der Waals surface area contributed by atoms with E-state index in [4.69, 9.17) is 9.47 Å². The van der Waals surface area contributed by atoms with E-state index in [1.165, 1.54) is 0 Å². The molecule has 3 aromatic rings. The zero-order valence-electron chi connectivity index (χ0n) is 16.0. The van der Waals surface area contributed by atoms with Gasteiger partial charge in [-0.1, -0.05) is 6.07 Å². The van der Waals surface area contributed by atoms with Gasteiger partial charge in [0.25, 0.3) is 0 Å². The van der Waals surface area contributed by atoms with Gasteiger partial charge in [-0.3, -0.25) is 9.59 Å². The van der Waals surface area contributed by atoms with E-state index < -0.39 is 11.9 Å². The molecule has 1 atom stereocenters. The van der Waals surface area contributed by atoms with E-state index in [1.807, 2.05) is 19.9 Å². The number of benzene rings is 2. The molecule has 0 amide bonds. The van der Waals surface area contributed by atoms with Crippen LogP contribution in [0.5, 0.6) is 5.75 Å². The molecule has 146 valence electrons. The van der Waals surface area contributed by atoms with E-state index in [-0.39, 0.29) is 24.9 Å². The number of ketones is 1. The van der Waals surface area contributed by atoms with E-state index >= 15 is 0 Å². The van der Waals surface area contributed by atoms with Crippen LogP contribution in [0.2, 0.25) is 0 Å². The molecule has 1 unspecified atom stereocenters. The summed E-state index contributed by atoms with van der Waals surface area (Å²) in [5.74, 6) is -0.538. The Balaban J connectivity index is 1.82. The summed E-state index contributed by atoms with van der Waals surface area (Å²) in [6.45, 7) is 5.89. The Morgan fingerprint density at radius 3 is 2.43 bits per heavy atom. The highest BCUT2D eigenvalue weighted by Crippen LogP contribution is 2.27. The molecule has 2 aromatic carbocycles. The number of ether oxygens (including phenoxy) is 2. The van der Waals surface area contributed by atoms with Gasteiger partial charge in [-0.05, 0) is 62.7 Å².